The van der Waals surface area contributed by atoms with E-state index in [1.54, 1.807) is 0 Å². The molecule has 3 heteroatoms. The highest BCUT2D eigenvalue weighted by molar-refractivity contribution is 6.13. The first-order valence-electron chi connectivity index (χ1n) is 6.76. The summed E-state index contributed by atoms with van der Waals surface area (Å²) in [6.07, 6.45) is 4.53. The van der Waals surface area contributed by atoms with Gasteiger partial charge in [-0.05, 0) is 35.4 Å². The van der Waals surface area contributed by atoms with Crippen molar-refractivity contribution in [3.05, 3.63) is 47.0 Å². The maximum atomic E-state index is 11.9. The Balaban J connectivity index is 2.07. The molecular weight excluding hydrogens is 238 g/mol. The Morgan fingerprint density at radius 1 is 1.16 bits per heavy atom. The molecule has 1 aliphatic carbocycles. The molecule has 1 atom stereocenters. The van der Waals surface area contributed by atoms with Gasteiger partial charge in [0.2, 0.25) is 0 Å². The summed E-state index contributed by atoms with van der Waals surface area (Å²) >= 11 is 0. The van der Waals surface area contributed by atoms with Gasteiger partial charge >= 0.3 is 0 Å². The van der Waals surface area contributed by atoms with Crippen LogP contribution in [-0.2, 0) is 16.0 Å². The molecular formula is C16H17NO2. The monoisotopic (exact) mass is 255 g/mol. The highest BCUT2D eigenvalue weighted by atomic mass is 16.2. The van der Waals surface area contributed by atoms with Gasteiger partial charge in [0.05, 0.1) is 6.04 Å². The quantitative estimate of drug-likeness (QED) is 0.762. The fourth-order valence-electron chi connectivity index (χ4n) is 3.17. The second-order valence-corrected chi connectivity index (χ2v) is 5.51. The third-order valence-corrected chi connectivity index (χ3v) is 4.03. The van der Waals surface area contributed by atoms with Crippen LogP contribution in [0.2, 0.25) is 0 Å². The summed E-state index contributed by atoms with van der Waals surface area (Å²) < 4.78 is 0. The molecule has 1 heterocycles. The predicted octanol–water partition coefficient (Wildman–Crippen LogP) is 2.72. The number of rotatable bonds is 2. The standard InChI is InChI=1S/C16H17NO2/c1-10(2)12-5-3-4-11-6-7-13(16(11)12)17-14(18)8-9-15(17)19/h3-5,8-10,13H,6-7H2,1-2H3/t13-/m0/s1. The summed E-state index contributed by atoms with van der Waals surface area (Å²) in [4.78, 5) is 25.2. The van der Waals surface area contributed by atoms with Crippen LogP contribution in [0.25, 0.3) is 0 Å². The third kappa shape index (κ3) is 1.81. The molecule has 0 aromatic heterocycles. The molecule has 3 nitrogen and oxygen atoms in total. The minimum Gasteiger partial charge on any atom is -0.269 e. The van der Waals surface area contributed by atoms with Gasteiger partial charge in [-0.25, -0.2) is 0 Å². The molecule has 0 bridgehead atoms. The van der Waals surface area contributed by atoms with Crippen LogP contribution < -0.4 is 0 Å². The molecule has 0 radical (unpaired) electrons. The first kappa shape index (κ1) is 12.2. The zero-order valence-corrected chi connectivity index (χ0v) is 11.2. The van der Waals surface area contributed by atoms with Crippen molar-refractivity contribution in [2.24, 2.45) is 0 Å². The van der Waals surface area contributed by atoms with E-state index in [1.165, 1.54) is 33.7 Å². The molecule has 1 aromatic rings. The summed E-state index contributed by atoms with van der Waals surface area (Å²) in [5, 5.41) is 0. The van der Waals surface area contributed by atoms with Gasteiger partial charge < -0.3 is 0 Å². The number of carbonyl (C=O) groups is 2. The van der Waals surface area contributed by atoms with Crippen molar-refractivity contribution in [3.63, 3.8) is 0 Å². The number of aryl methyl sites for hydroxylation is 1. The van der Waals surface area contributed by atoms with Crippen molar-refractivity contribution in [3.8, 4) is 0 Å². The Kier molecular flexibility index (Phi) is 2.77. The third-order valence-electron chi connectivity index (χ3n) is 4.03. The molecule has 0 fully saturated rings. The number of hydrogen-bond acceptors (Lipinski definition) is 2. The van der Waals surface area contributed by atoms with Crippen LogP contribution in [-0.4, -0.2) is 16.7 Å². The van der Waals surface area contributed by atoms with E-state index in [1.807, 2.05) is 0 Å². The highest BCUT2D eigenvalue weighted by Gasteiger charge is 2.37. The topological polar surface area (TPSA) is 37.4 Å². The average molecular weight is 255 g/mol. The first-order valence-corrected chi connectivity index (χ1v) is 6.76. The molecule has 1 aliphatic heterocycles. The van der Waals surface area contributed by atoms with Gasteiger partial charge in [-0.15, -0.1) is 0 Å². The molecule has 0 N–H and O–H groups in total. The summed E-state index contributed by atoms with van der Waals surface area (Å²) in [6.45, 7) is 4.30. The van der Waals surface area contributed by atoms with Crippen LogP contribution in [0.4, 0.5) is 0 Å². The van der Waals surface area contributed by atoms with E-state index in [0.29, 0.717) is 5.92 Å². The molecule has 98 valence electrons. The molecule has 0 saturated carbocycles. The average Bonchev–Trinajstić information content (AvgIpc) is 2.93. The number of nitrogens with zero attached hydrogens (tertiary/aromatic N) is 1. The number of fused-ring (bicyclic) bond motifs is 1. The smallest absolute Gasteiger partial charge is 0.254 e. The van der Waals surface area contributed by atoms with Crippen LogP contribution in [0.15, 0.2) is 30.4 Å². The fourth-order valence-corrected chi connectivity index (χ4v) is 3.17. The normalized spacial score (nSPS) is 21.6. The van der Waals surface area contributed by atoms with Crippen molar-refractivity contribution < 1.29 is 9.59 Å². The lowest BCUT2D eigenvalue weighted by molar-refractivity contribution is -0.139. The molecule has 3 rings (SSSR count). The van der Waals surface area contributed by atoms with Gasteiger partial charge in [0.25, 0.3) is 11.8 Å². The van der Waals surface area contributed by atoms with Crippen molar-refractivity contribution in [1.29, 1.82) is 0 Å². The molecule has 1 aromatic carbocycles. The largest absolute Gasteiger partial charge is 0.269 e. The Bertz CT molecular complexity index is 568. The number of hydrogen-bond donors (Lipinski definition) is 0. The molecule has 2 aliphatic rings. The lowest BCUT2D eigenvalue weighted by atomic mass is 9.92. The lowest BCUT2D eigenvalue weighted by Crippen LogP contribution is -2.33. The van der Waals surface area contributed by atoms with Gasteiger partial charge in [-0.3, -0.25) is 14.5 Å². The van der Waals surface area contributed by atoms with E-state index in [0.717, 1.165) is 12.8 Å². The number of imide groups is 1. The minimum absolute atomic E-state index is 0.0800. The van der Waals surface area contributed by atoms with E-state index in [9.17, 15) is 9.59 Å². The van der Waals surface area contributed by atoms with Gasteiger partial charge in [-0.2, -0.15) is 0 Å². The van der Waals surface area contributed by atoms with Crippen molar-refractivity contribution >= 4 is 11.8 Å². The van der Waals surface area contributed by atoms with Crippen LogP contribution in [0.1, 0.15) is 48.9 Å². The van der Waals surface area contributed by atoms with Crippen molar-refractivity contribution in [2.75, 3.05) is 0 Å². The summed E-state index contributed by atoms with van der Waals surface area (Å²) in [5.74, 6) is 0.0409. The molecule has 0 unspecified atom stereocenters. The summed E-state index contributed by atoms with van der Waals surface area (Å²) in [5.41, 5.74) is 3.74. The second-order valence-electron chi connectivity index (χ2n) is 5.51. The van der Waals surface area contributed by atoms with E-state index in [-0.39, 0.29) is 17.9 Å². The van der Waals surface area contributed by atoms with Crippen LogP contribution in [0, 0.1) is 0 Å². The molecule has 19 heavy (non-hydrogen) atoms. The maximum absolute atomic E-state index is 11.9. The first-order chi connectivity index (χ1) is 9.09. The zero-order valence-electron chi connectivity index (χ0n) is 11.2. The van der Waals surface area contributed by atoms with E-state index in [4.69, 9.17) is 0 Å². The van der Waals surface area contributed by atoms with Gasteiger partial charge in [-0.1, -0.05) is 32.0 Å². The number of carbonyl (C=O) groups excluding carboxylic acids is 2. The molecule has 0 saturated heterocycles. The Labute approximate surface area is 112 Å². The minimum atomic E-state index is -0.179. The van der Waals surface area contributed by atoms with Crippen molar-refractivity contribution in [1.82, 2.24) is 4.90 Å². The summed E-state index contributed by atoms with van der Waals surface area (Å²) in [7, 11) is 0. The van der Waals surface area contributed by atoms with Crippen LogP contribution in [0.3, 0.4) is 0 Å². The van der Waals surface area contributed by atoms with Gasteiger partial charge in [0.1, 0.15) is 0 Å². The van der Waals surface area contributed by atoms with E-state index in [2.05, 4.69) is 32.0 Å². The maximum Gasteiger partial charge on any atom is 0.254 e. The van der Waals surface area contributed by atoms with E-state index < -0.39 is 0 Å². The second kappa shape index (κ2) is 4.34. The Hall–Kier alpha value is -1.90. The molecule has 0 spiro atoms. The SMILES string of the molecule is CC(C)c1cccc2c1[C@@H](N1C(=O)C=CC1=O)CC2. The van der Waals surface area contributed by atoms with E-state index >= 15 is 0 Å². The molecule has 2 amide bonds. The number of amides is 2. The number of benzene rings is 1. The van der Waals surface area contributed by atoms with Crippen LogP contribution >= 0.6 is 0 Å². The van der Waals surface area contributed by atoms with Crippen molar-refractivity contribution in [2.45, 2.75) is 38.6 Å². The fraction of sp³-hybridized carbons (Fsp3) is 0.375. The lowest BCUT2D eigenvalue weighted by Gasteiger charge is -2.25. The Morgan fingerprint density at radius 2 is 1.84 bits per heavy atom. The predicted molar refractivity (Wildman–Crippen MR) is 72.6 cm³/mol. The van der Waals surface area contributed by atoms with Gasteiger partial charge in [0, 0.05) is 12.2 Å². The van der Waals surface area contributed by atoms with Gasteiger partial charge in [0.15, 0.2) is 0 Å². The van der Waals surface area contributed by atoms with Crippen LogP contribution in [0.5, 0.6) is 0 Å². The zero-order chi connectivity index (χ0) is 13.6. The Morgan fingerprint density at radius 3 is 2.47 bits per heavy atom. The summed E-state index contributed by atoms with van der Waals surface area (Å²) in [6, 6.07) is 6.21. The highest BCUT2D eigenvalue weighted by Crippen LogP contribution is 2.41.